The number of likely N-dealkylation sites (N-methyl/N-ethyl adjacent to an activating group) is 1. The van der Waals surface area contributed by atoms with Crippen molar-refractivity contribution in [3.05, 3.63) is 23.8 Å². The third-order valence-electron chi connectivity index (χ3n) is 3.50. The van der Waals surface area contributed by atoms with Crippen LogP contribution in [0.15, 0.2) is 12.3 Å². The minimum absolute atomic E-state index is 0.0188. The van der Waals surface area contributed by atoms with Crippen molar-refractivity contribution in [3.8, 4) is 0 Å². The Labute approximate surface area is 126 Å². The molecule has 2 rings (SSSR count). The molecule has 1 aliphatic rings. The number of aromatic nitrogens is 2. The second-order valence-corrected chi connectivity index (χ2v) is 5.89. The van der Waals surface area contributed by atoms with Crippen LogP contribution in [0.1, 0.15) is 31.3 Å². The minimum Gasteiger partial charge on any atom is -0.366 e. The zero-order chi connectivity index (χ0) is 15.4. The molecule has 1 aromatic heterocycles. The summed E-state index contributed by atoms with van der Waals surface area (Å²) in [5, 5.41) is 0. The predicted octanol–water partition coefficient (Wildman–Crippen LogP) is 0.889. The molecule has 1 fully saturated rings. The maximum atomic E-state index is 12.0. The standard InChI is InChI=1S/C15H24N4O2/c1-11(2)14-16-6-5-12(17-14)9-19-7-8-21-13(10-19)15(20)18(3)4/h5-6,11,13H,7-10H2,1-4H3. The highest BCUT2D eigenvalue weighted by Crippen LogP contribution is 2.13. The van der Waals surface area contributed by atoms with Crippen molar-refractivity contribution in [3.63, 3.8) is 0 Å². The number of rotatable bonds is 4. The number of hydrogen-bond donors (Lipinski definition) is 0. The van der Waals surface area contributed by atoms with Crippen LogP contribution in [0.25, 0.3) is 0 Å². The Bertz CT molecular complexity index is 490. The first-order valence-corrected chi connectivity index (χ1v) is 7.34. The largest absolute Gasteiger partial charge is 0.366 e. The summed E-state index contributed by atoms with van der Waals surface area (Å²) >= 11 is 0. The summed E-state index contributed by atoms with van der Waals surface area (Å²) in [5.41, 5.74) is 0.992. The van der Waals surface area contributed by atoms with Crippen LogP contribution in [-0.2, 0) is 16.1 Å². The third kappa shape index (κ3) is 4.22. The third-order valence-corrected chi connectivity index (χ3v) is 3.50. The maximum Gasteiger partial charge on any atom is 0.252 e. The molecule has 0 radical (unpaired) electrons. The molecular weight excluding hydrogens is 268 g/mol. The molecule has 2 heterocycles. The summed E-state index contributed by atoms with van der Waals surface area (Å²) in [4.78, 5) is 24.6. The van der Waals surface area contributed by atoms with E-state index in [0.717, 1.165) is 24.6 Å². The van der Waals surface area contributed by atoms with Crippen LogP contribution >= 0.6 is 0 Å². The van der Waals surface area contributed by atoms with Gasteiger partial charge in [-0.1, -0.05) is 13.8 Å². The quantitative estimate of drug-likeness (QED) is 0.825. The van der Waals surface area contributed by atoms with Crippen molar-refractivity contribution < 1.29 is 9.53 Å². The molecule has 116 valence electrons. The molecule has 0 spiro atoms. The lowest BCUT2D eigenvalue weighted by Gasteiger charge is -2.33. The first-order chi connectivity index (χ1) is 9.97. The molecule has 0 aliphatic carbocycles. The van der Waals surface area contributed by atoms with E-state index in [1.165, 1.54) is 0 Å². The van der Waals surface area contributed by atoms with Crippen molar-refractivity contribution in [2.24, 2.45) is 0 Å². The average Bonchev–Trinajstić information content (AvgIpc) is 2.47. The van der Waals surface area contributed by atoms with Gasteiger partial charge < -0.3 is 9.64 Å². The number of carbonyl (C=O) groups excluding carboxylic acids is 1. The lowest BCUT2D eigenvalue weighted by molar-refractivity contribution is -0.147. The summed E-state index contributed by atoms with van der Waals surface area (Å²) in [6, 6.07) is 1.93. The Balaban J connectivity index is 1.99. The van der Waals surface area contributed by atoms with Gasteiger partial charge in [0.1, 0.15) is 11.9 Å². The van der Waals surface area contributed by atoms with Crippen molar-refractivity contribution in [2.75, 3.05) is 33.8 Å². The number of hydrogen-bond acceptors (Lipinski definition) is 5. The van der Waals surface area contributed by atoms with Crippen molar-refractivity contribution in [1.82, 2.24) is 19.8 Å². The summed E-state index contributed by atoms with van der Waals surface area (Å²) < 4.78 is 5.57. The van der Waals surface area contributed by atoms with E-state index in [1.54, 1.807) is 25.2 Å². The summed E-state index contributed by atoms with van der Waals surface area (Å²) in [6.45, 7) is 6.89. The number of carbonyl (C=O) groups is 1. The van der Waals surface area contributed by atoms with Crippen LogP contribution < -0.4 is 0 Å². The number of nitrogens with zero attached hydrogens (tertiary/aromatic N) is 4. The van der Waals surface area contributed by atoms with Gasteiger partial charge in [-0.25, -0.2) is 9.97 Å². The van der Waals surface area contributed by atoms with E-state index in [2.05, 4.69) is 28.7 Å². The van der Waals surface area contributed by atoms with Gasteiger partial charge in [0.05, 0.1) is 12.3 Å². The van der Waals surface area contributed by atoms with Gasteiger partial charge in [-0.05, 0) is 6.07 Å². The molecular formula is C15H24N4O2. The number of morpholine rings is 1. The van der Waals surface area contributed by atoms with Crippen LogP contribution in [0.4, 0.5) is 0 Å². The number of amides is 1. The van der Waals surface area contributed by atoms with Gasteiger partial charge in [-0.15, -0.1) is 0 Å². The van der Waals surface area contributed by atoms with Crippen LogP contribution in [0, 0.1) is 0 Å². The fraction of sp³-hybridized carbons (Fsp3) is 0.667. The van der Waals surface area contributed by atoms with Crippen LogP contribution in [0.3, 0.4) is 0 Å². The molecule has 1 amide bonds. The Hall–Kier alpha value is -1.53. The molecule has 21 heavy (non-hydrogen) atoms. The molecule has 0 aromatic carbocycles. The molecule has 1 unspecified atom stereocenters. The Morgan fingerprint density at radius 2 is 2.29 bits per heavy atom. The van der Waals surface area contributed by atoms with Crippen LogP contribution in [0.2, 0.25) is 0 Å². The molecule has 1 aromatic rings. The molecule has 6 heteroatoms. The molecule has 1 atom stereocenters. The van der Waals surface area contributed by atoms with Gasteiger partial charge in [-0.3, -0.25) is 9.69 Å². The van der Waals surface area contributed by atoms with E-state index in [4.69, 9.17) is 4.74 Å². The second kappa shape index (κ2) is 6.95. The minimum atomic E-state index is -0.375. The van der Waals surface area contributed by atoms with Gasteiger partial charge >= 0.3 is 0 Å². The van der Waals surface area contributed by atoms with Gasteiger partial charge in [-0.2, -0.15) is 0 Å². The van der Waals surface area contributed by atoms with Crippen LogP contribution in [0.5, 0.6) is 0 Å². The highest BCUT2D eigenvalue weighted by Gasteiger charge is 2.27. The molecule has 0 saturated carbocycles. The highest BCUT2D eigenvalue weighted by molar-refractivity contribution is 5.80. The normalized spacial score (nSPS) is 19.8. The molecule has 6 nitrogen and oxygen atoms in total. The lowest BCUT2D eigenvalue weighted by Crippen LogP contribution is -2.49. The summed E-state index contributed by atoms with van der Waals surface area (Å²) in [5.74, 6) is 1.20. The van der Waals surface area contributed by atoms with Gasteiger partial charge in [0.2, 0.25) is 0 Å². The van der Waals surface area contributed by atoms with Crippen molar-refractivity contribution in [2.45, 2.75) is 32.4 Å². The fourth-order valence-electron chi connectivity index (χ4n) is 2.29. The monoisotopic (exact) mass is 292 g/mol. The molecule has 0 N–H and O–H groups in total. The second-order valence-electron chi connectivity index (χ2n) is 5.89. The predicted molar refractivity (Wildman–Crippen MR) is 79.8 cm³/mol. The van der Waals surface area contributed by atoms with Crippen LogP contribution in [-0.4, -0.2) is 65.6 Å². The van der Waals surface area contributed by atoms with E-state index in [0.29, 0.717) is 19.1 Å². The van der Waals surface area contributed by atoms with E-state index in [-0.39, 0.29) is 12.0 Å². The Morgan fingerprint density at radius 1 is 1.52 bits per heavy atom. The van der Waals surface area contributed by atoms with Crippen molar-refractivity contribution in [1.29, 1.82) is 0 Å². The zero-order valence-corrected chi connectivity index (χ0v) is 13.2. The zero-order valence-electron chi connectivity index (χ0n) is 13.2. The topological polar surface area (TPSA) is 58.6 Å². The van der Waals surface area contributed by atoms with Crippen molar-refractivity contribution >= 4 is 5.91 Å². The smallest absolute Gasteiger partial charge is 0.252 e. The van der Waals surface area contributed by atoms with Gasteiger partial charge in [0, 0.05) is 45.8 Å². The highest BCUT2D eigenvalue weighted by atomic mass is 16.5. The van der Waals surface area contributed by atoms with E-state index in [9.17, 15) is 4.79 Å². The Kier molecular flexibility index (Phi) is 5.25. The van der Waals surface area contributed by atoms with E-state index < -0.39 is 0 Å². The van der Waals surface area contributed by atoms with Gasteiger partial charge in [0.15, 0.2) is 0 Å². The summed E-state index contributed by atoms with van der Waals surface area (Å²) in [7, 11) is 3.51. The average molecular weight is 292 g/mol. The Morgan fingerprint density at radius 3 is 2.95 bits per heavy atom. The lowest BCUT2D eigenvalue weighted by atomic mass is 10.2. The van der Waals surface area contributed by atoms with Gasteiger partial charge in [0.25, 0.3) is 5.91 Å². The first-order valence-electron chi connectivity index (χ1n) is 7.34. The SMILES string of the molecule is CC(C)c1nccc(CN2CCOC(C(=O)N(C)C)C2)n1. The fourth-order valence-corrected chi connectivity index (χ4v) is 2.29. The van der Waals surface area contributed by atoms with E-state index >= 15 is 0 Å². The molecule has 0 bridgehead atoms. The molecule has 1 aliphatic heterocycles. The summed E-state index contributed by atoms with van der Waals surface area (Å²) in [6.07, 6.45) is 1.43. The first kappa shape index (κ1) is 15.9. The molecule has 1 saturated heterocycles. The maximum absolute atomic E-state index is 12.0. The van der Waals surface area contributed by atoms with E-state index in [1.807, 2.05) is 6.07 Å². The number of ether oxygens (including phenoxy) is 1.